The molecule has 0 radical (unpaired) electrons. The second kappa shape index (κ2) is 8.87. The van der Waals surface area contributed by atoms with Crippen LogP contribution in [0, 0.1) is 0 Å². The van der Waals surface area contributed by atoms with Crippen molar-refractivity contribution in [3.05, 3.63) is 83.9 Å². The van der Waals surface area contributed by atoms with Crippen molar-refractivity contribution in [2.75, 3.05) is 0 Å². The Bertz CT molecular complexity index is 1210. The molecular formula is C27H28N2O3. The maximum Gasteiger partial charge on any atom is 0.263 e. The van der Waals surface area contributed by atoms with E-state index in [2.05, 4.69) is 36.3 Å². The molecule has 0 spiro atoms. The minimum absolute atomic E-state index is 0.176. The SMILES string of the molecule is CC(C)c1ccc2oc(-c3ccc(CNC(=O)C(C)(C)Oc4ccccc4)cc3)nc2c1. The summed E-state index contributed by atoms with van der Waals surface area (Å²) in [6.45, 7) is 8.25. The molecule has 0 fully saturated rings. The van der Waals surface area contributed by atoms with Crippen LogP contribution in [-0.4, -0.2) is 16.5 Å². The van der Waals surface area contributed by atoms with E-state index in [0.29, 0.717) is 24.1 Å². The van der Waals surface area contributed by atoms with Gasteiger partial charge in [0.05, 0.1) is 0 Å². The monoisotopic (exact) mass is 428 g/mol. The van der Waals surface area contributed by atoms with Gasteiger partial charge < -0.3 is 14.5 Å². The summed E-state index contributed by atoms with van der Waals surface area (Å²) < 4.78 is 11.8. The molecule has 0 aliphatic carbocycles. The molecule has 32 heavy (non-hydrogen) atoms. The predicted molar refractivity (Wildman–Crippen MR) is 127 cm³/mol. The fraction of sp³-hybridized carbons (Fsp3) is 0.259. The highest BCUT2D eigenvalue weighted by molar-refractivity contribution is 5.84. The van der Waals surface area contributed by atoms with Gasteiger partial charge in [-0.1, -0.05) is 50.2 Å². The van der Waals surface area contributed by atoms with E-state index in [-0.39, 0.29) is 5.91 Å². The van der Waals surface area contributed by atoms with E-state index < -0.39 is 5.60 Å². The molecule has 3 aromatic carbocycles. The lowest BCUT2D eigenvalue weighted by Gasteiger charge is -2.25. The maximum atomic E-state index is 12.6. The standard InChI is InChI=1S/C27H28N2O3/c1-18(2)21-14-15-24-23(16-21)29-25(31-24)20-12-10-19(11-13-20)17-28-26(30)27(3,4)32-22-8-6-5-7-9-22/h5-16,18H,17H2,1-4H3,(H,28,30). The van der Waals surface area contributed by atoms with E-state index in [4.69, 9.17) is 9.15 Å². The van der Waals surface area contributed by atoms with Crippen molar-refractivity contribution in [2.24, 2.45) is 0 Å². The second-order valence-corrected chi connectivity index (χ2v) is 8.71. The third-order valence-electron chi connectivity index (χ3n) is 5.40. The average molecular weight is 429 g/mol. The van der Waals surface area contributed by atoms with Crippen molar-refractivity contribution in [2.45, 2.75) is 45.8 Å². The average Bonchev–Trinajstić information content (AvgIpc) is 3.21. The van der Waals surface area contributed by atoms with Crippen LogP contribution in [0.2, 0.25) is 0 Å². The molecule has 0 aliphatic rings. The van der Waals surface area contributed by atoms with Crippen LogP contribution in [0.5, 0.6) is 5.75 Å². The molecule has 1 aromatic heterocycles. The van der Waals surface area contributed by atoms with Crippen LogP contribution in [0.1, 0.15) is 44.7 Å². The highest BCUT2D eigenvalue weighted by atomic mass is 16.5. The van der Waals surface area contributed by atoms with Crippen LogP contribution in [-0.2, 0) is 11.3 Å². The van der Waals surface area contributed by atoms with Gasteiger partial charge in [0.15, 0.2) is 11.2 Å². The van der Waals surface area contributed by atoms with Gasteiger partial charge in [-0.05, 0) is 67.3 Å². The first-order chi connectivity index (χ1) is 15.3. The summed E-state index contributed by atoms with van der Waals surface area (Å²) in [7, 11) is 0. The molecule has 4 rings (SSSR count). The fourth-order valence-corrected chi connectivity index (χ4v) is 3.42. The summed E-state index contributed by atoms with van der Waals surface area (Å²) in [5.41, 5.74) is 3.78. The summed E-state index contributed by atoms with van der Waals surface area (Å²) in [6, 6.07) is 23.3. The first kappa shape index (κ1) is 21.6. The summed E-state index contributed by atoms with van der Waals surface area (Å²) in [6.07, 6.45) is 0. The minimum atomic E-state index is -0.978. The number of amides is 1. The maximum absolute atomic E-state index is 12.6. The van der Waals surface area contributed by atoms with Crippen LogP contribution in [0.25, 0.3) is 22.6 Å². The number of ether oxygens (including phenoxy) is 1. The molecule has 0 aliphatic heterocycles. The zero-order chi connectivity index (χ0) is 22.7. The van der Waals surface area contributed by atoms with E-state index in [1.807, 2.05) is 60.7 Å². The Hall–Kier alpha value is -3.60. The second-order valence-electron chi connectivity index (χ2n) is 8.71. The van der Waals surface area contributed by atoms with Crippen molar-refractivity contribution in [1.29, 1.82) is 0 Å². The lowest BCUT2D eigenvalue weighted by Crippen LogP contribution is -2.46. The molecule has 164 valence electrons. The summed E-state index contributed by atoms with van der Waals surface area (Å²) in [5.74, 6) is 1.52. The zero-order valence-corrected chi connectivity index (χ0v) is 18.9. The molecule has 1 heterocycles. The van der Waals surface area contributed by atoms with E-state index in [1.54, 1.807) is 13.8 Å². The number of nitrogens with zero attached hydrogens (tertiary/aromatic N) is 1. The molecule has 4 aromatic rings. The van der Waals surface area contributed by atoms with Crippen molar-refractivity contribution < 1.29 is 13.9 Å². The molecular weight excluding hydrogens is 400 g/mol. The van der Waals surface area contributed by atoms with Gasteiger partial charge in [0.25, 0.3) is 5.91 Å². The zero-order valence-electron chi connectivity index (χ0n) is 18.9. The molecule has 5 heteroatoms. The highest BCUT2D eigenvalue weighted by Gasteiger charge is 2.29. The van der Waals surface area contributed by atoms with Gasteiger partial charge in [0, 0.05) is 12.1 Å². The van der Waals surface area contributed by atoms with Crippen molar-refractivity contribution in [3.8, 4) is 17.2 Å². The van der Waals surface area contributed by atoms with Crippen LogP contribution in [0.4, 0.5) is 0 Å². The quantitative estimate of drug-likeness (QED) is 0.387. The smallest absolute Gasteiger partial charge is 0.263 e. The van der Waals surface area contributed by atoms with Gasteiger partial charge in [-0.25, -0.2) is 4.98 Å². The number of para-hydroxylation sites is 1. The number of hydrogen-bond donors (Lipinski definition) is 1. The van der Waals surface area contributed by atoms with E-state index in [9.17, 15) is 4.79 Å². The lowest BCUT2D eigenvalue weighted by atomic mass is 10.0. The van der Waals surface area contributed by atoms with Gasteiger partial charge >= 0.3 is 0 Å². The molecule has 0 bridgehead atoms. The van der Waals surface area contributed by atoms with Gasteiger partial charge in [-0.15, -0.1) is 0 Å². The summed E-state index contributed by atoms with van der Waals surface area (Å²) >= 11 is 0. The molecule has 0 saturated heterocycles. The molecule has 0 unspecified atom stereocenters. The Morgan fingerprint density at radius 2 is 1.75 bits per heavy atom. The number of oxazole rings is 1. The van der Waals surface area contributed by atoms with Crippen LogP contribution in [0.15, 0.2) is 77.2 Å². The Balaban J connectivity index is 1.40. The number of fused-ring (bicyclic) bond motifs is 1. The molecule has 1 amide bonds. The number of nitrogens with one attached hydrogen (secondary N) is 1. The van der Waals surface area contributed by atoms with Crippen LogP contribution < -0.4 is 10.1 Å². The predicted octanol–water partition coefficient (Wildman–Crippen LogP) is 6.09. The van der Waals surface area contributed by atoms with E-state index >= 15 is 0 Å². The topological polar surface area (TPSA) is 64.4 Å². The van der Waals surface area contributed by atoms with Crippen molar-refractivity contribution in [1.82, 2.24) is 10.3 Å². The van der Waals surface area contributed by atoms with Gasteiger partial charge in [0.2, 0.25) is 5.89 Å². The van der Waals surface area contributed by atoms with Gasteiger partial charge in [-0.2, -0.15) is 0 Å². The fourth-order valence-electron chi connectivity index (χ4n) is 3.42. The third-order valence-corrected chi connectivity index (χ3v) is 5.40. The Kier molecular flexibility index (Phi) is 5.99. The first-order valence-electron chi connectivity index (χ1n) is 10.8. The first-order valence-corrected chi connectivity index (χ1v) is 10.8. The number of hydrogen-bond acceptors (Lipinski definition) is 4. The minimum Gasteiger partial charge on any atom is -0.478 e. The third kappa shape index (κ3) is 4.83. The normalized spacial score (nSPS) is 11.7. The van der Waals surface area contributed by atoms with Crippen LogP contribution in [0.3, 0.4) is 0 Å². The van der Waals surface area contributed by atoms with Crippen LogP contribution >= 0.6 is 0 Å². The number of rotatable bonds is 7. The van der Waals surface area contributed by atoms with Crippen molar-refractivity contribution >= 4 is 17.0 Å². The Morgan fingerprint density at radius 1 is 1.03 bits per heavy atom. The molecule has 0 atom stereocenters. The van der Waals surface area contributed by atoms with E-state index in [1.165, 1.54) is 5.56 Å². The Labute approximate surface area is 188 Å². The molecule has 1 N–H and O–H groups in total. The van der Waals surface area contributed by atoms with Gasteiger partial charge in [0.1, 0.15) is 11.3 Å². The Morgan fingerprint density at radius 3 is 2.44 bits per heavy atom. The summed E-state index contributed by atoms with van der Waals surface area (Å²) in [5, 5.41) is 2.95. The summed E-state index contributed by atoms with van der Waals surface area (Å²) in [4.78, 5) is 17.3. The number of carbonyl (C=O) groups excluding carboxylic acids is 1. The van der Waals surface area contributed by atoms with Gasteiger partial charge in [-0.3, -0.25) is 4.79 Å². The lowest BCUT2D eigenvalue weighted by molar-refractivity contribution is -0.134. The van der Waals surface area contributed by atoms with E-state index in [0.717, 1.165) is 22.2 Å². The largest absolute Gasteiger partial charge is 0.478 e. The number of aromatic nitrogens is 1. The molecule has 5 nitrogen and oxygen atoms in total. The number of carbonyl (C=O) groups is 1. The highest BCUT2D eigenvalue weighted by Crippen LogP contribution is 2.27. The molecule has 0 saturated carbocycles. The number of benzene rings is 3. The van der Waals surface area contributed by atoms with Crippen molar-refractivity contribution in [3.63, 3.8) is 0 Å².